The van der Waals surface area contributed by atoms with Crippen molar-refractivity contribution < 1.29 is 23.5 Å². The molecule has 0 atom stereocenters. The predicted octanol–water partition coefficient (Wildman–Crippen LogP) is 6.72. The van der Waals surface area contributed by atoms with Crippen LogP contribution >= 0.6 is 34.8 Å². The van der Waals surface area contributed by atoms with Gasteiger partial charge in [-0.3, -0.25) is 9.48 Å². The van der Waals surface area contributed by atoms with Gasteiger partial charge in [-0.15, -0.1) is 0 Å². The van der Waals surface area contributed by atoms with Crippen molar-refractivity contribution in [3.63, 3.8) is 0 Å². The third-order valence-electron chi connectivity index (χ3n) is 5.57. The molecule has 4 rings (SSSR count). The van der Waals surface area contributed by atoms with E-state index >= 15 is 0 Å². The molecule has 0 saturated carbocycles. The van der Waals surface area contributed by atoms with Crippen LogP contribution in [0.25, 0.3) is 0 Å². The summed E-state index contributed by atoms with van der Waals surface area (Å²) in [6.45, 7) is 3.94. The molecule has 1 amide bonds. The summed E-state index contributed by atoms with van der Waals surface area (Å²) >= 11 is 18.2. The normalized spacial score (nSPS) is 10.9. The van der Waals surface area contributed by atoms with Gasteiger partial charge < -0.3 is 19.2 Å². The lowest BCUT2D eigenvalue weighted by Crippen LogP contribution is -2.13. The van der Waals surface area contributed by atoms with Crippen LogP contribution < -0.4 is 10.1 Å². The predicted molar refractivity (Wildman–Crippen MR) is 141 cm³/mol. The van der Waals surface area contributed by atoms with Gasteiger partial charge in [0, 0.05) is 5.02 Å². The molecule has 0 unspecified atom stereocenters. The van der Waals surface area contributed by atoms with Crippen molar-refractivity contribution in [2.24, 2.45) is 0 Å². The van der Waals surface area contributed by atoms with Crippen LogP contribution in [0.2, 0.25) is 15.1 Å². The van der Waals surface area contributed by atoms with E-state index in [2.05, 4.69) is 10.4 Å². The van der Waals surface area contributed by atoms with E-state index in [0.29, 0.717) is 40.0 Å². The summed E-state index contributed by atoms with van der Waals surface area (Å²) in [5.41, 5.74) is 3.08. The summed E-state index contributed by atoms with van der Waals surface area (Å²) in [4.78, 5) is 25.0. The lowest BCUT2D eigenvalue weighted by Gasteiger charge is -2.10. The first-order chi connectivity index (χ1) is 17.7. The molecule has 11 heteroatoms. The summed E-state index contributed by atoms with van der Waals surface area (Å²) in [6, 6.07) is 13.3. The standard InChI is InChI=1S/C26H22Cl3N3O5/c1-14-23(15(2)32(31-14)12-16-6-4-5-7-19(16)26(34)35-3)30-25(33)22-9-8-18(37-22)13-36-24-20(28)10-17(27)11-21(24)29/h4-11H,12-13H2,1-3H3,(H,30,33). The third-order valence-corrected chi connectivity index (χ3v) is 6.35. The number of hydrogen-bond donors (Lipinski definition) is 1. The van der Waals surface area contributed by atoms with Crippen LogP contribution in [0.3, 0.4) is 0 Å². The van der Waals surface area contributed by atoms with Gasteiger partial charge in [0.15, 0.2) is 11.5 Å². The molecular formula is C26H22Cl3N3O5. The Balaban J connectivity index is 1.46. The number of aromatic nitrogens is 2. The number of anilines is 1. The highest BCUT2D eigenvalue weighted by Gasteiger charge is 2.20. The van der Waals surface area contributed by atoms with E-state index in [4.69, 9.17) is 48.7 Å². The van der Waals surface area contributed by atoms with Crippen LogP contribution in [0.15, 0.2) is 52.9 Å². The second-order valence-electron chi connectivity index (χ2n) is 8.06. The van der Waals surface area contributed by atoms with Gasteiger partial charge in [0.25, 0.3) is 5.91 Å². The lowest BCUT2D eigenvalue weighted by molar-refractivity contribution is 0.0599. The van der Waals surface area contributed by atoms with E-state index in [1.807, 2.05) is 19.1 Å². The quantitative estimate of drug-likeness (QED) is 0.240. The van der Waals surface area contributed by atoms with Gasteiger partial charge in [0.05, 0.1) is 46.3 Å². The van der Waals surface area contributed by atoms with Crippen LogP contribution in [-0.4, -0.2) is 28.8 Å². The summed E-state index contributed by atoms with van der Waals surface area (Å²) in [6.07, 6.45) is 0. The molecule has 192 valence electrons. The number of esters is 1. The Labute approximate surface area is 228 Å². The molecule has 2 aromatic carbocycles. The van der Waals surface area contributed by atoms with Crippen LogP contribution in [0.4, 0.5) is 5.69 Å². The van der Waals surface area contributed by atoms with Crippen LogP contribution in [0.1, 0.15) is 43.6 Å². The van der Waals surface area contributed by atoms with E-state index in [0.717, 1.165) is 5.56 Å². The molecule has 0 spiro atoms. The summed E-state index contributed by atoms with van der Waals surface area (Å²) in [5, 5.41) is 8.31. The van der Waals surface area contributed by atoms with E-state index in [1.54, 1.807) is 35.9 Å². The van der Waals surface area contributed by atoms with E-state index in [-0.39, 0.29) is 28.2 Å². The van der Waals surface area contributed by atoms with Crippen molar-refractivity contribution in [3.05, 3.63) is 97.6 Å². The number of rotatable bonds is 8. The minimum atomic E-state index is -0.450. The van der Waals surface area contributed by atoms with Gasteiger partial charge >= 0.3 is 5.97 Å². The minimum absolute atomic E-state index is 0.00391. The largest absolute Gasteiger partial charge is 0.483 e. The number of halogens is 3. The fourth-order valence-corrected chi connectivity index (χ4v) is 4.65. The number of amides is 1. The van der Waals surface area contributed by atoms with E-state index in [1.165, 1.54) is 19.2 Å². The Morgan fingerprint density at radius 2 is 1.76 bits per heavy atom. The maximum Gasteiger partial charge on any atom is 0.338 e. The van der Waals surface area contributed by atoms with Gasteiger partial charge in [0.2, 0.25) is 0 Å². The SMILES string of the molecule is COC(=O)c1ccccc1Cn1nc(C)c(NC(=O)c2ccc(COc3c(Cl)cc(Cl)cc3Cl)o2)c1C. The van der Waals surface area contributed by atoms with Gasteiger partial charge in [-0.1, -0.05) is 53.0 Å². The van der Waals surface area contributed by atoms with E-state index in [9.17, 15) is 9.59 Å². The number of aryl methyl sites for hydroxylation is 1. The van der Waals surface area contributed by atoms with Crippen molar-refractivity contribution in [2.75, 3.05) is 12.4 Å². The molecule has 2 aromatic heterocycles. The molecular weight excluding hydrogens is 541 g/mol. The van der Waals surface area contributed by atoms with Crippen LogP contribution in [-0.2, 0) is 17.9 Å². The van der Waals surface area contributed by atoms with Gasteiger partial charge in [-0.2, -0.15) is 5.10 Å². The average molecular weight is 563 g/mol. The summed E-state index contributed by atoms with van der Waals surface area (Å²) in [5.74, 6) is -0.119. The van der Waals surface area contributed by atoms with Crippen molar-refractivity contribution >= 4 is 52.4 Å². The van der Waals surface area contributed by atoms with Crippen LogP contribution in [0, 0.1) is 13.8 Å². The molecule has 0 saturated heterocycles. The molecule has 37 heavy (non-hydrogen) atoms. The number of nitrogens with zero attached hydrogens (tertiary/aromatic N) is 2. The number of furan rings is 1. The first kappa shape index (κ1) is 26.6. The zero-order valence-electron chi connectivity index (χ0n) is 20.1. The Kier molecular flexibility index (Phi) is 8.12. The molecule has 1 N–H and O–H groups in total. The number of hydrogen-bond acceptors (Lipinski definition) is 6. The number of methoxy groups -OCH3 is 1. The number of benzene rings is 2. The Morgan fingerprint density at radius 3 is 2.46 bits per heavy atom. The molecule has 8 nitrogen and oxygen atoms in total. The molecule has 0 aliphatic heterocycles. The number of carbonyl (C=O) groups is 2. The zero-order chi connectivity index (χ0) is 26.7. The fraction of sp³-hybridized carbons (Fsp3) is 0.192. The van der Waals surface area contributed by atoms with E-state index < -0.39 is 11.9 Å². The average Bonchev–Trinajstić information content (AvgIpc) is 3.43. The second-order valence-corrected chi connectivity index (χ2v) is 9.31. The molecule has 0 aliphatic carbocycles. The number of carbonyl (C=O) groups excluding carboxylic acids is 2. The lowest BCUT2D eigenvalue weighted by atomic mass is 10.1. The van der Waals surface area contributed by atoms with Crippen molar-refractivity contribution in [3.8, 4) is 5.75 Å². The zero-order valence-corrected chi connectivity index (χ0v) is 22.4. The molecule has 0 fully saturated rings. The minimum Gasteiger partial charge on any atom is -0.483 e. The highest BCUT2D eigenvalue weighted by Crippen LogP contribution is 2.36. The Bertz CT molecular complexity index is 1460. The Morgan fingerprint density at radius 1 is 1.05 bits per heavy atom. The van der Waals surface area contributed by atoms with Crippen molar-refractivity contribution in [1.29, 1.82) is 0 Å². The van der Waals surface area contributed by atoms with Gasteiger partial charge in [-0.05, 0) is 49.7 Å². The second kappa shape index (κ2) is 11.3. The molecule has 0 aliphatic rings. The fourth-order valence-electron chi connectivity index (χ4n) is 3.72. The summed E-state index contributed by atoms with van der Waals surface area (Å²) < 4.78 is 17.9. The first-order valence-electron chi connectivity index (χ1n) is 11.1. The number of nitrogens with one attached hydrogen (secondary N) is 1. The summed E-state index contributed by atoms with van der Waals surface area (Å²) in [7, 11) is 1.34. The smallest absolute Gasteiger partial charge is 0.338 e. The topological polar surface area (TPSA) is 95.6 Å². The van der Waals surface area contributed by atoms with Gasteiger partial charge in [-0.25, -0.2) is 4.79 Å². The monoisotopic (exact) mass is 561 g/mol. The Hall–Kier alpha value is -3.46. The molecule has 2 heterocycles. The highest BCUT2D eigenvalue weighted by atomic mass is 35.5. The molecule has 0 radical (unpaired) electrons. The maximum atomic E-state index is 12.9. The maximum absolute atomic E-state index is 12.9. The number of ether oxygens (including phenoxy) is 2. The third kappa shape index (κ3) is 5.93. The first-order valence-corrected chi connectivity index (χ1v) is 12.2. The van der Waals surface area contributed by atoms with Crippen molar-refractivity contribution in [1.82, 2.24) is 9.78 Å². The van der Waals surface area contributed by atoms with Crippen LogP contribution in [0.5, 0.6) is 5.75 Å². The molecule has 0 bridgehead atoms. The molecule has 4 aromatic rings. The van der Waals surface area contributed by atoms with Gasteiger partial charge in [0.1, 0.15) is 12.4 Å². The highest BCUT2D eigenvalue weighted by molar-refractivity contribution is 6.40. The van der Waals surface area contributed by atoms with Crippen molar-refractivity contribution in [2.45, 2.75) is 27.0 Å².